The van der Waals surface area contributed by atoms with Gasteiger partial charge in [-0.2, -0.15) is 0 Å². The zero-order chi connectivity index (χ0) is 12.6. The second-order valence-electron chi connectivity index (χ2n) is 4.73. The van der Waals surface area contributed by atoms with Gasteiger partial charge in [-0.3, -0.25) is 9.59 Å². The molecule has 1 saturated heterocycles. The molecule has 1 unspecified atom stereocenters. The maximum atomic E-state index is 12.1. The van der Waals surface area contributed by atoms with Crippen LogP contribution < -0.4 is 0 Å². The van der Waals surface area contributed by atoms with Gasteiger partial charge in [0.2, 0.25) is 0 Å². The van der Waals surface area contributed by atoms with Gasteiger partial charge in [-0.15, -0.1) is 0 Å². The van der Waals surface area contributed by atoms with Gasteiger partial charge in [0.05, 0.1) is 17.9 Å². The van der Waals surface area contributed by atoms with Crippen molar-refractivity contribution in [2.75, 3.05) is 13.1 Å². The number of imidazole rings is 1. The van der Waals surface area contributed by atoms with Gasteiger partial charge in [-0.05, 0) is 13.3 Å². The number of hydrogen-bond donors (Lipinski definition) is 1. The normalized spacial score (nSPS) is 24.0. The van der Waals surface area contributed by atoms with E-state index in [0.29, 0.717) is 18.7 Å². The molecule has 0 spiro atoms. The average molecular weight is 237 g/mol. The molecule has 1 atom stereocenters. The molecule has 0 aliphatic carbocycles. The molecule has 0 saturated carbocycles. The summed E-state index contributed by atoms with van der Waals surface area (Å²) in [5.74, 6) is -1.01. The molecule has 1 aliphatic rings. The lowest BCUT2D eigenvalue weighted by Crippen LogP contribution is -2.35. The number of carbonyl (C=O) groups is 2. The zero-order valence-corrected chi connectivity index (χ0v) is 9.88. The van der Waals surface area contributed by atoms with Crippen LogP contribution in [-0.4, -0.2) is 44.5 Å². The maximum Gasteiger partial charge on any atom is 0.311 e. The Morgan fingerprint density at radius 2 is 2.24 bits per heavy atom. The molecule has 1 N–H and O–H groups in total. The summed E-state index contributed by atoms with van der Waals surface area (Å²) in [6.07, 6.45) is 3.55. The van der Waals surface area contributed by atoms with Crippen LogP contribution in [0.4, 0.5) is 0 Å². The van der Waals surface area contributed by atoms with Crippen molar-refractivity contribution in [2.45, 2.75) is 13.3 Å². The van der Waals surface area contributed by atoms with Crippen molar-refractivity contribution in [3.05, 3.63) is 18.2 Å². The number of aliphatic carboxylic acids is 1. The molecule has 6 heteroatoms. The Hall–Kier alpha value is -1.85. The molecule has 1 amide bonds. The third-order valence-electron chi connectivity index (χ3n) is 3.31. The summed E-state index contributed by atoms with van der Waals surface area (Å²) in [6, 6.07) is 0. The van der Waals surface area contributed by atoms with Gasteiger partial charge >= 0.3 is 5.97 Å². The number of amides is 1. The van der Waals surface area contributed by atoms with Crippen molar-refractivity contribution >= 4 is 11.9 Å². The fourth-order valence-electron chi connectivity index (χ4n) is 2.03. The predicted octanol–water partition coefficient (Wildman–Crippen LogP) is 0.357. The molecule has 0 bridgehead atoms. The third-order valence-corrected chi connectivity index (χ3v) is 3.31. The van der Waals surface area contributed by atoms with E-state index in [1.54, 1.807) is 29.8 Å². The lowest BCUT2D eigenvalue weighted by molar-refractivity contribution is -0.147. The van der Waals surface area contributed by atoms with Crippen molar-refractivity contribution in [2.24, 2.45) is 12.5 Å². The number of carboxylic acids is 1. The first-order valence-electron chi connectivity index (χ1n) is 5.43. The van der Waals surface area contributed by atoms with Crippen molar-refractivity contribution in [1.29, 1.82) is 0 Å². The summed E-state index contributed by atoms with van der Waals surface area (Å²) in [6.45, 7) is 2.41. The van der Waals surface area contributed by atoms with Crippen LogP contribution in [0.25, 0.3) is 0 Å². The van der Waals surface area contributed by atoms with E-state index in [-0.39, 0.29) is 12.5 Å². The summed E-state index contributed by atoms with van der Waals surface area (Å²) in [7, 11) is 1.74. The first-order chi connectivity index (χ1) is 7.94. The molecule has 1 fully saturated rings. The highest BCUT2D eigenvalue weighted by atomic mass is 16.4. The third kappa shape index (κ3) is 1.90. The number of nitrogens with zero attached hydrogens (tertiary/aromatic N) is 3. The second kappa shape index (κ2) is 3.87. The molecule has 0 aromatic carbocycles. The zero-order valence-electron chi connectivity index (χ0n) is 9.88. The van der Waals surface area contributed by atoms with Gasteiger partial charge in [-0.1, -0.05) is 0 Å². The van der Waals surface area contributed by atoms with Gasteiger partial charge in [0.1, 0.15) is 5.69 Å². The lowest BCUT2D eigenvalue weighted by Gasteiger charge is -2.20. The molecule has 2 rings (SSSR count). The molecular formula is C11H15N3O3. The van der Waals surface area contributed by atoms with E-state index in [4.69, 9.17) is 5.11 Å². The van der Waals surface area contributed by atoms with Crippen LogP contribution >= 0.6 is 0 Å². The number of likely N-dealkylation sites (tertiary alicyclic amines) is 1. The number of hydrogen-bond acceptors (Lipinski definition) is 3. The Bertz CT molecular complexity index is 468. The monoisotopic (exact) mass is 237 g/mol. The number of aryl methyl sites for hydroxylation is 1. The Morgan fingerprint density at radius 3 is 2.71 bits per heavy atom. The quantitative estimate of drug-likeness (QED) is 0.805. The topological polar surface area (TPSA) is 75.4 Å². The van der Waals surface area contributed by atoms with Gasteiger partial charge < -0.3 is 14.6 Å². The van der Waals surface area contributed by atoms with Crippen LogP contribution in [-0.2, 0) is 11.8 Å². The van der Waals surface area contributed by atoms with Crippen LogP contribution in [0.1, 0.15) is 23.8 Å². The van der Waals surface area contributed by atoms with Crippen LogP contribution in [0, 0.1) is 5.41 Å². The van der Waals surface area contributed by atoms with Crippen LogP contribution in [0.15, 0.2) is 12.5 Å². The van der Waals surface area contributed by atoms with Crippen molar-refractivity contribution < 1.29 is 14.7 Å². The number of carbonyl (C=O) groups excluding carboxylic acids is 1. The number of rotatable bonds is 2. The van der Waals surface area contributed by atoms with Crippen LogP contribution in [0.3, 0.4) is 0 Å². The highest BCUT2D eigenvalue weighted by Crippen LogP contribution is 2.30. The minimum absolute atomic E-state index is 0.157. The number of carboxylic acid groups (broad SMARTS) is 1. The second-order valence-corrected chi connectivity index (χ2v) is 4.73. The Labute approximate surface area is 98.9 Å². The molecule has 0 radical (unpaired) electrons. The Morgan fingerprint density at radius 1 is 1.53 bits per heavy atom. The lowest BCUT2D eigenvalue weighted by atomic mass is 9.90. The minimum Gasteiger partial charge on any atom is -0.481 e. The first-order valence-corrected chi connectivity index (χ1v) is 5.43. The van der Waals surface area contributed by atoms with E-state index in [0.717, 1.165) is 0 Å². The molecule has 17 heavy (non-hydrogen) atoms. The van der Waals surface area contributed by atoms with Crippen LogP contribution in [0.5, 0.6) is 0 Å². The predicted molar refractivity (Wildman–Crippen MR) is 59.5 cm³/mol. The van der Waals surface area contributed by atoms with Gasteiger partial charge in [0.25, 0.3) is 5.91 Å². The summed E-state index contributed by atoms with van der Waals surface area (Å²) in [5, 5.41) is 9.10. The van der Waals surface area contributed by atoms with Crippen LogP contribution in [0.2, 0.25) is 0 Å². The van der Waals surface area contributed by atoms with E-state index in [9.17, 15) is 9.59 Å². The number of aromatic nitrogens is 2. The molecule has 92 valence electrons. The fourth-order valence-corrected chi connectivity index (χ4v) is 2.03. The smallest absolute Gasteiger partial charge is 0.311 e. The van der Waals surface area contributed by atoms with E-state index in [1.165, 1.54) is 6.20 Å². The fraction of sp³-hybridized carbons (Fsp3) is 0.545. The largest absolute Gasteiger partial charge is 0.481 e. The highest BCUT2D eigenvalue weighted by molar-refractivity contribution is 5.93. The maximum absolute atomic E-state index is 12.1. The molecule has 6 nitrogen and oxygen atoms in total. The average Bonchev–Trinajstić information content (AvgIpc) is 2.85. The van der Waals surface area contributed by atoms with Gasteiger partial charge in [0.15, 0.2) is 0 Å². The summed E-state index contributed by atoms with van der Waals surface area (Å²) >= 11 is 0. The van der Waals surface area contributed by atoms with Crippen molar-refractivity contribution in [3.8, 4) is 0 Å². The first kappa shape index (κ1) is 11.6. The van der Waals surface area contributed by atoms with E-state index in [2.05, 4.69) is 4.98 Å². The Kier molecular flexibility index (Phi) is 2.65. The molecule has 1 aromatic rings. The van der Waals surface area contributed by atoms with E-state index >= 15 is 0 Å². The molecule has 1 aliphatic heterocycles. The van der Waals surface area contributed by atoms with Gasteiger partial charge in [-0.25, -0.2) is 4.98 Å². The Balaban J connectivity index is 2.15. The minimum atomic E-state index is -0.849. The van der Waals surface area contributed by atoms with Crippen molar-refractivity contribution in [3.63, 3.8) is 0 Å². The summed E-state index contributed by atoms with van der Waals surface area (Å²) in [5.41, 5.74) is -0.339. The highest BCUT2D eigenvalue weighted by Gasteiger charge is 2.42. The van der Waals surface area contributed by atoms with E-state index < -0.39 is 11.4 Å². The standard InChI is InChI=1S/C11H15N3O3/c1-11(10(16)17)3-4-14(6-11)9(15)8-5-12-7-13(8)2/h5,7H,3-4,6H2,1-2H3,(H,16,17). The summed E-state index contributed by atoms with van der Waals surface area (Å²) in [4.78, 5) is 28.7. The summed E-state index contributed by atoms with van der Waals surface area (Å²) < 4.78 is 1.64. The van der Waals surface area contributed by atoms with Gasteiger partial charge in [0, 0.05) is 20.1 Å². The molecular weight excluding hydrogens is 222 g/mol. The van der Waals surface area contributed by atoms with Crippen molar-refractivity contribution in [1.82, 2.24) is 14.5 Å². The SMILES string of the molecule is Cn1cncc1C(=O)N1CCC(C)(C(=O)O)C1. The molecule has 1 aromatic heterocycles. The molecule has 2 heterocycles. The van der Waals surface area contributed by atoms with E-state index in [1.807, 2.05) is 0 Å².